The lowest BCUT2D eigenvalue weighted by Gasteiger charge is -2.18. The zero-order valence-corrected chi connectivity index (χ0v) is 19.7. The van der Waals surface area contributed by atoms with E-state index < -0.39 is 15.2 Å². The molecule has 0 saturated carbocycles. The zero-order chi connectivity index (χ0) is 21.0. The van der Waals surface area contributed by atoms with Crippen LogP contribution in [0.4, 0.5) is 0 Å². The molecule has 1 aromatic rings. The van der Waals surface area contributed by atoms with E-state index >= 15 is 0 Å². The first-order chi connectivity index (χ1) is 13.3. The van der Waals surface area contributed by atoms with E-state index in [-0.39, 0.29) is 12.3 Å². The molecule has 0 radical (unpaired) electrons. The summed E-state index contributed by atoms with van der Waals surface area (Å²) >= 11 is 0. The minimum Gasteiger partial charge on any atom is -0.312 e. The highest BCUT2D eigenvalue weighted by Crippen LogP contribution is 2.52. The van der Waals surface area contributed by atoms with Crippen LogP contribution in [0.15, 0.2) is 18.2 Å². The largest absolute Gasteiger partial charge is 0.334 e. The first kappa shape index (κ1) is 25.6. The average molecular weight is 434 g/mol. The molecule has 0 aliphatic carbocycles. The smallest absolute Gasteiger partial charge is 0.312 e. The van der Waals surface area contributed by atoms with Crippen molar-refractivity contribution in [2.24, 2.45) is 0 Å². The van der Waals surface area contributed by atoms with Gasteiger partial charge in [0.2, 0.25) is 0 Å². The second kappa shape index (κ2) is 13.0. The van der Waals surface area contributed by atoms with E-state index in [1.54, 1.807) is 0 Å². The fourth-order valence-corrected chi connectivity index (χ4v) is 5.28. The first-order valence-electron chi connectivity index (χ1n) is 9.87. The monoisotopic (exact) mass is 434 g/mol. The molecule has 1 rings (SSSR count). The van der Waals surface area contributed by atoms with Gasteiger partial charge in [-0.05, 0) is 29.5 Å². The van der Waals surface area contributed by atoms with Crippen LogP contribution in [0.5, 0.6) is 0 Å². The van der Waals surface area contributed by atoms with E-state index in [0.717, 1.165) is 36.0 Å². The van der Waals surface area contributed by atoms with Crippen LogP contribution < -0.4 is 0 Å². The van der Waals surface area contributed by atoms with Crippen molar-refractivity contribution in [1.82, 2.24) is 0 Å². The molecule has 28 heavy (non-hydrogen) atoms. The van der Waals surface area contributed by atoms with Crippen molar-refractivity contribution in [3.05, 3.63) is 34.9 Å². The van der Waals surface area contributed by atoms with Gasteiger partial charge in [-0.2, -0.15) is 0 Å². The Balaban J connectivity index is 2.97. The lowest BCUT2D eigenvalue weighted by Crippen LogP contribution is -2.01. The summed E-state index contributed by atoms with van der Waals surface area (Å²) in [7, 11) is -0.706. The van der Waals surface area contributed by atoms with Crippen molar-refractivity contribution in [2.75, 3.05) is 28.4 Å². The van der Waals surface area contributed by atoms with Crippen LogP contribution in [0.3, 0.4) is 0 Å². The van der Waals surface area contributed by atoms with Gasteiger partial charge in [0.1, 0.15) is 0 Å². The van der Waals surface area contributed by atoms with E-state index in [4.69, 9.17) is 18.1 Å². The molecule has 0 aliphatic heterocycles. The Morgan fingerprint density at radius 1 is 0.714 bits per heavy atom. The summed E-state index contributed by atoms with van der Waals surface area (Å²) in [5, 5.41) is 0. The standard InChI is InChI=1S/C20H36O6P2/c1-6-7-8-9-10-11-12-19-15-18(16-27(21,23-2)24-3)13-14-20(19)17-28(22,25-4)26-5/h13-15H,6-12,16-17H2,1-5H3. The number of benzene rings is 1. The molecule has 162 valence electrons. The van der Waals surface area contributed by atoms with Crippen LogP contribution in [0.2, 0.25) is 0 Å². The third kappa shape index (κ3) is 8.49. The number of unbranched alkanes of at least 4 members (excludes halogenated alkanes) is 5. The van der Waals surface area contributed by atoms with Crippen LogP contribution in [0, 0.1) is 0 Å². The first-order valence-corrected chi connectivity index (χ1v) is 13.3. The van der Waals surface area contributed by atoms with Gasteiger partial charge in [-0.15, -0.1) is 0 Å². The Bertz CT molecular complexity index is 661. The fourth-order valence-electron chi connectivity index (χ4n) is 3.10. The molecule has 1 aromatic carbocycles. The minimum absolute atomic E-state index is 0.204. The summed E-state index contributed by atoms with van der Waals surface area (Å²) in [6.07, 6.45) is 8.49. The number of hydrogen-bond acceptors (Lipinski definition) is 6. The molecule has 0 aromatic heterocycles. The van der Waals surface area contributed by atoms with Gasteiger partial charge in [0.15, 0.2) is 0 Å². The maximum Gasteiger partial charge on any atom is 0.334 e. The number of aryl methyl sites for hydroxylation is 1. The molecule has 0 bridgehead atoms. The van der Waals surface area contributed by atoms with Crippen molar-refractivity contribution in [3.63, 3.8) is 0 Å². The van der Waals surface area contributed by atoms with E-state index in [0.29, 0.717) is 0 Å². The molecule has 0 fully saturated rings. The molecule has 0 unspecified atom stereocenters. The molecule has 0 heterocycles. The highest BCUT2D eigenvalue weighted by atomic mass is 31.2. The van der Waals surface area contributed by atoms with Gasteiger partial charge in [0.25, 0.3) is 0 Å². The predicted molar refractivity (Wildman–Crippen MR) is 114 cm³/mol. The lowest BCUT2D eigenvalue weighted by molar-refractivity contribution is 0.273. The summed E-state index contributed by atoms with van der Waals surface area (Å²) in [6.45, 7) is 2.21. The number of hydrogen-bond donors (Lipinski definition) is 0. The van der Waals surface area contributed by atoms with E-state index in [9.17, 15) is 9.13 Å². The van der Waals surface area contributed by atoms with Crippen LogP contribution in [-0.4, -0.2) is 28.4 Å². The van der Waals surface area contributed by atoms with E-state index in [1.165, 1.54) is 54.1 Å². The third-order valence-corrected chi connectivity index (χ3v) is 8.63. The third-order valence-electron chi connectivity index (χ3n) is 4.92. The topological polar surface area (TPSA) is 71.1 Å². The van der Waals surface area contributed by atoms with Crippen molar-refractivity contribution in [2.45, 2.75) is 64.2 Å². The number of rotatable bonds is 15. The Morgan fingerprint density at radius 2 is 1.25 bits per heavy atom. The molecule has 0 saturated heterocycles. The quantitative estimate of drug-likeness (QED) is 0.230. The normalized spacial score (nSPS) is 12.5. The highest BCUT2D eigenvalue weighted by molar-refractivity contribution is 7.53. The van der Waals surface area contributed by atoms with Gasteiger partial charge in [-0.1, -0.05) is 57.2 Å². The van der Waals surface area contributed by atoms with Crippen LogP contribution in [-0.2, 0) is 46.0 Å². The molecule has 0 spiro atoms. The van der Waals surface area contributed by atoms with Crippen LogP contribution in [0.25, 0.3) is 0 Å². The lowest BCUT2D eigenvalue weighted by atomic mass is 9.99. The van der Waals surface area contributed by atoms with Gasteiger partial charge < -0.3 is 18.1 Å². The second-order valence-corrected chi connectivity index (χ2v) is 11.4. The summed E-state index contributed by atoms with van der Waals surface area (Å²) in [6, 6.07) is 5.81. The summed E-state index contributed by atoms with van der Waals surface area (Å²) in [5.41, 5.74) is 2.90. The molecule has 6 nitrogen and oxygen atoms in total. The summed E-state index contributed by atoms with van der Waals surface area (Å²) < 4.78 is 45.4. The Morgan fingerprint density at radius 3 is 1.82 bits per heavy atom. The van der Waals surface area contributed by atoms with Crippen LogP contribution in [0.1, 0.15) is 62.1 Å². The van der Waals surface area contributed by atoms with E-state index in [2.05, 4.69) is 6.92 Å². The minimum atomic E-state index is -3.16. The highest BCUT2D eigenvalue weighted by Gasteiger charge is 2.25. The zero-order valence-electron chi connectivity index (χ0n) is 17.9. The average Bonchev–Trinajstić information content (AvgIpc) is 2.72. The Kier molecular flexibility index (Phi) is 11.8. The molecule has 0 aliphatic rings. The van der Waals surface area contributed by atoms with Crippen molar-refractivity contribution >= 4 is 15.2 Å². The SMILES string of the molecule is CCCCCCCCc1cc(CP(=O)(OC)OC)ccc1CP(=O)(OC)OC. The molecule has 0 amide bonds. The molecule has 0 N–H and O–H groups in total. The van der Waals surface area contributed by atoms with Gasteiger partial charge in [0, 0.05) is 28.4 Å². The summed E-state index contributed by atoms with van der Waals surface area (Å²) in [5.74, 6) is 0. The van der Waals surface area contributed by atoms with Gasteiger partial charge in [-0.3, -0.25) is 9.13 Å². The Hall–Kier alpha value is -0.480. The van der Waals surface area contributed by atoms with Crippen molar-refractivity contribution in [1.29, 1.82) is 0 Å². The predicted octanol–water partition coefficient (Wildman–Crippen LogP) is 6.56. The van der Waals surface area contributed by atoms with Gasteiger partial charge in [0.05, 0.1) is 12.3 Å². The van der Waals surface area contributed by atoms with Crippen molar-refractivity contribution < 1.29 is 27.2 Å². The van der Waals surface area contributed by atoms with Crippen molar-refractivity contribution in [3.8, 4) is 0 Å². The maximum absolute atomic E-state index is 12.6. The molecule has 0 atom stereocenters. The molecule has 8 heteroatoms. The molecular formula is C20H36O6P2. The van der Waals surface area contributed by atoms with Gasteiger partial charge in [-0.25, -0.2) is 0 Å². The van der Waals surface area contributed by atoms with Crippen LogP contribution >= 0.6 is 15.2 Å². The second-order valence-electron chi connectivity index (χ2n) is 6.89. The summed E-state index contributed by atoms with van der Waals surface area (Å²) in [4.78, 5) is 0. The maximum atomic E-state index is 12.6. The van der Waals surface area contributed by atoms with Gasteiger partial charge >= 0.3 is 15.2 Å². The Labute approximate surface area is 170 Å². The molecular weight excluding hydrogens is 398 g/mol. The fraction of sp³-hybridized carbons (Fsp3) is 0.700. The van der Waals surface area contributed by atoms with E-state index in [1.807, 2.05) is 18.2 Å².